The molecule has 3 aromatic rings. The maximum Gasteiger partial charge on any atom is 0.320 e. The standard InChI is InChI=1S/C17H18BN5O2.3C2H6/c1-3-4-8-25-16-21-14(19)13-15(22-16)23(17(20-13)24-2)10-11-6-5-7-12(18)9-11;3*1-2/h3,5-7,9H,1,4,8,10H2,2H3,(H2,19,21,22);3*1-2H3. The van der Waals surface area contributed by atoms with Crippen molar-refractivity contribution in [1.82, 2.24) is 19.5 Å². The molecule has 0 aliphatic carbocycles. The topological polar surface area (TPSA) is 88.1 Å². The second-order valence-electron chi connectivity index (χ2n) is 5.42. The minimum Gasteiger partial charge on any atom is -0.468 e. The monoisotopic (exact) mass is 425 g/mol. The largest absolute Gasteiger partial charge is 0.468 e. The molecule has 0 saturated carbocycles. The molecule has 0 unspecified atom stereocenters. The van der Waals surface area contributed by atoms with E-state index in [1.807, 2.05) is 70.4 Å². The Morgan fingerprint density at radius 3 is 2.35 bits per heavy atom. The maximum atomic E-state index is 6.01. The van der Waals surface area contributed by atoms with Crippen LogP contribution in [0.25, 0.3) is 11.2 Å². The molecule has 168 valence electrons. The van der Waals surface area contributed by atoms with Gasteiger partial charge in [-0.2, -0.15) is 15.0 Å². The van der Waals surface area contributed by atoms with Crippen LogP contribution in [0.15, 0.2) is 36.9 Å². The molecule has 2 heterocycles. The lowest BCUT2D eigenvalue weighted by atomic mass is 9.94. The summed E-state index contributed by atoms with van der Waals surface area (Å²) in [6, 6.07) is 8.16. The number of nitrogens with zero attached hydrogens (tertiary/aromatic N) is 4. The molecular formula is C23H36BN5O2. The summed E-state index contributed by atoms with van der Waals surface area (Å²) < 4.78 is 12.7. The highest BCUT2D eigenvalue weighted by Gasteiger charge is 2.18. The minimum atomic E-state index is 0.197. The fourth-order valence-corrected chi connectivity index (χ4v) is 2.45. The van der Waals surface area contributed by atoms with Gasteiger partial charge in [-0.25, -0.2) is 0 Å². The summed E-state index contributed by atoms with van der Waals surface area (Å²) in [5.41, 5.74) is 8.70. The Balaban J connectivity index is 0.00000138. The van der Waals surface area contributed by atoms with Crippen molar-refractivity contribution in [2.75, 3.05) is 19.5 Å². The second-order valence-corrected chi connectivity index (χ2v) is 5.42. The van der Waals surface area contributed by atoms with Gasteiger partial charge >= 0.3 is 6.01 Å². The van der Waals surface area contributed by atoms with Crippen LogP contribution in [0.5, 0.6) is 12.0 Å². The van der Waals surface area contributed by atoms with Crippen LogP contribution in [0.2, 0.25) is 0 Å². The summed E-state index contributed by atoms with van der Waals surface area (Å²) in [6.07, 6.45) is 2.45. The fraction of sp³-hybridized carbons (Fsp3) is 0.435. The van der Waals surface area contributed by atoms with Crippen LogP contribution in [0.1, 0.15) is 53.5 Å². The average molecular weight is 425 g/mol. The molecule has 0 amide bonds. The Morgan fingerprint density at radius 2 is 1.77 bits per heavy atom. The highest BCUT2D eigenvalue weighted by Crippen LogP contribution is 2.26. The highest BCUT2D eigenvalue weighted by molar-refractivity contribution is 6.32. The van der Waals surface area contributed by atoms with E-state index >= 15 is 0 Å². The summed E-state index contributed by atoms with van der Waals surface area (Å²) in [5, 5.41) is 0. The molecule has 7 nitrogen and oxygen atoms in total. The number of nitrogens with two attached hydrogens (primary N) is 1. The van der Waals surface area contributed by atoms with Crippen LogP contribution >= 0.6 is 0 Å². The fourth-order valence-electron chi connectivity index (χ4n) is 2.45. The Labute approximate surface area is 188 Å². The van der Waals surface area contributed by atoms with E-state index in [9.17, 15) is 0 Å². The molecule has 2 aromatic heterocycles. The van der Waals surface area contributed by atoms with Gasteiger partial charge in [0.1, 0.15) is 7.85 Å². The molecule has 0 bridgehead atoms. The third kappa shape index (κ3) is 7.96. The van der Waals surface area contributed by atoms with E-state index in [1.165, 1.54) is 0 Å². The zero-order valence-electron chi connectivity index (χ0n) is 20.0. The zero-order chi connectivity index (χ0) is 23.8. The molecule has 8 heteroatoms. The van der Waals surface area contributed by atoms with Gasteiger partial charge < -0.3 is 15.2 Å². The molecule has 31 heavy (non-hydrogen) atoms. The smallest absolute Gasteiger partial charge is 0.320 e. The van der Waals surface area contributed by atoms with Crippen molar-refractivity contribution in [3.05, 3.63) is 42.5 Å². The van der Waals surface area contributed by atoms with Crippen LogP contribution in [0.4, 0.5) is 5.82 Å². The first-order valence-corrected chi connectivity index (χ1v) is 10.8. The van der Waals surface area contributed by atoms with Gasteiger partial charge in [0.15, 0.2) is 17.0 Å². The number of imidazole rings is 1. The Kier molecular flexibility index (Phi) is 14.2. The Hall–Kier alpha value is -3.03. The van der Waals surface area contributed by atoms with Gasteiger partial charge in [-0.05, 0) is 12.0 Å². The maximum absolute atomic E-state index is 6.01. The van der Waals surface area contributed by atoms with Crippen molar-refractivity contribution in [2.45, 2.75) is 54.5 Å². The van der Waals surface area contributed by atoms with Crippen molar-refractivity contribution in [3.8, 4) is 12.0 Å². The second kappa shape index (κ2) is 15.8. The molecule has 1 aromatic carbocycles. The van der Waals surface area contributed by atoms with Gasteiger partial charge in [0, 0.05) is 0 Å². The van der Waals surface area contributed by atoms with Crippen LogP contribution < -0.4 is 20.7 Å². The normalized spacial score (nSPS) is 9.26. The number of methoxy groups -OCH3 is 1. The molecule has 3 rings (SSSR count). The van der Waals surface area contributed by atoms with Crippen molar-refractivity contribution in [1.29, 1.82) is 0 Å². The number of rotatable bonds is 7. The molecule has 2 N–H and O–H groups in total. The summed E-state index contributed by atoms with van der Waals surface area (Å²) >= 11 is 0. The molecular weight excluding hydrogens is 389 g/mol. The Morgan fingerprint density at radius 1 is 1.10 bits per heavy atom. The van der Waals surface area contributed by atoms with Gasteiger partial charge in [0.25, 0.3) is 6.01 Å². The number of nitrogen functional groups attached to an aromatic ring is 1. The van der Waals surface area contributed by atoms with Crippen LogP contribution in [0, 0.1) is 0 Å². The van der Waals surface area contributed by atoms with Gasteiger partial charge in [-0.3, -0.25) is 4.57 Å². The van der Waals surface area contributed by atoms with E-state index in [2.05, 4.69) is 21.5 Å². The quantitative estimate of drug-likeness (QED) is 0.345. The highest BCUT2D eigenvalue weighted by atomic mass is 16.5. The summed E-state index contributed by atoms with van der Waals surface area (Å²) in [7, 11) is 7.40. The van der Waals surface area contributed by atoms with Crippen molar-refractivity contribution in [2.24, 2.45) is 0 Å². The van der Waals surface area contributed by atoms with Gasteiger partial charge in [-0.1, -0.05) is 77.3 Å². The van der Waals surface area contributed by atoms with Crippen molar-refractivity contribution < 1.29 is 9.47 Å². The first kappa shape index (κ1) is 28.0. The summed E-state index contributed by atoms with van der Waals surface area (Å²) in [4.78, 5) is 13.0. The van der Waals surface area contributed by atoms with Crippen LogP contribution in [-0.2, 0) is 6.54 Å². The van der Waals surface area contributed by atoms with E-state index in [0.29, 0.717) is 42.2 Å². The first-order chi connectivity index (χ1) is 15.1. The zero-order valence-corrected chi connectivity index (χ0v) is 20.0. The number of hydrogen-bond acceptors (Lipinski definition) is 6. The number of hydrogen-bond donors (Lipinski definition) is 1. The predicted molar refractivity (Wildman–Crippen MR) is 132 cm³/mol. The molecule has 0 fully saturated rings. The lowest BCUT2D eigenvalue weighted by Crippen LogP contribution is -2.09. The number of anilines is 1. The molecule has 0 atom stereocenters. The van der Waals surface area contributed by atoms with Crippen molar-refractivity contribution in [3.63, 3.8) is 0 Å². The predicted octanol–water partition coefficient (Wildman–Crippen LogP) is 4.29. The van der Waals surface area contributed by atoms with Crippen molar-refractivity contribution >= 4 is 30.3 Å². The lowest BCUT2D eigenvalue weighted by Gasteiger charge is -2.09. The first-order valence-electron chi connectivity index (χ1n) is 10.8. The number of aromatic nitrogens is 4. The summed E-state index contributed by atoms with van der Waals surface area (Å²) in [6.45, 7) is 16.6. The Bertz CT molecular complexity index is 912. The van der Waals surface area contributed by atoms with E-state index in [1.54, 1.807) is 13.2 Å². The molecule has 0 saturated heterocycles. The minimum absolute atomic E-state index is 0.197. The number of ether oxygens (including phenoxy) is 2. The van der Waals surface area contributed by atoms with Gasteiger partial charge in [-0.15, -0.1) is 6.58 Å². The van der Waals surface area contributed by atoms with Gasteiger partial charge in [0.05, 0.1) is 20.3 Å². The van der Waals surface area contributed by atoms with E-state index < -0.39 is 0 Å². The molecule has 0 aliphatic rings. The van der Waals surface area contributed by atoms with E-state index in [0.717, 1.165) is 5.56 Å². The van der Waals surface area contributed by atoms with E-state index in [4.69, 9.17) is 23.1 Å². The molecule has 0 spiro atoms. The van der Waals surface area contributed by atoms with Gasteiger partial charge in [0.2, 0.25) is 0 Å². The third-order valence-electron chi connectivity index (χ3n) is 3.59. The summed E-state index contributed by atoms with van der Waals surface area (Å²) in [5.74, 6) is 0.239. The number of fused-ring (bicyclic) bond motifs is 1. The molecule has 0 aliphatic heterocycles. The average Bonchev–Trinajstić information content (AvgIpc) is 3.16. The van der Waals surface area contributed by atoms with Crippen LogP contribution in [0.3, 0.4) is 0 Å². The van der Waals surface area contributed by atoms with Crippen LogP contribution in [-0.4, -0.2) is 41.1 Å². The third-order valence-corrected chi connectivity index (χ3v) is 3.59. The number of benzene rings is 1. The SMILES string of the molecule is CC.CC.CC.[B]c1cccc(Cn2c(OC)nc3c(N)nc(OCCC=C)nc32)c1. The molecule has 2 radical (unpaired) electrons. The van der Waals surface area contributed by atoms with E-state index in [-0.39, 0.29) is 11.8 Å². The lowest BCUT2D eigenvalue weighted by molar-refractivity contribution is 0.300.